The number of ether oxygens (including phenoxy) is 1. The summed E-state index contributed by atoms with van der Waals surface area (Å²) in [5.74, 6) is -1.43. The van der Waals surface area contributed by atoms with E-state index in [2.05, 4.69) is 20.6 Å². The van der Waals surface area contributed by atoms with Gasteiger partial charge in [-0.15, -0.1) is 0 Å². The number of methoxy groups -OCH3 is 1. The van der Waals surface area contributed by atoms with Gasteiger partial charge in [-0.25, -0.2) is 18.2 Å². The minimum Gasteiger partial charge on any atom is -0.467 e. The number of rotatable bonds is 9. The van der Waals surface area contributed by atoms with Crippen LogP contribution in [0.2, 0.25) is 15.1 Å². The van der Waals surface area contributed by atoms with Crippen molar-refractivity contribution >= 4 is 73.9 Å². The molecule has 4 N–H and O–H groups in total. The monoisotopic (exact) mass is 659 g/mol. The van der Waals surface area contributed by atoms with Gasteiger partial charge >= 0.3 is 5.97 Å². The van der Waals surface area contributed by atoms with Gasteiger partial charge in [-0.1, -0.05) is 65.1 Å². The number of aliphatic imine (C=N–C) groups is 1. The van der Waals surface area contributed by atoms with Crippen molar-refractivity contribution in [2.45, 2.75) is 22.3 Å². The fraction of sp³-hybridized carbons (Fsp3) is 0.103. The number of sulfone groups is 1. The van der Waals surface area contributed by atoms with Crippen LogP contribution in [0.5, 0.6) is 0 Å². The van der Waals surface area contributed by atoms with Crippen molar-refractivity contribution < 1.29 is 22.7 Å². The number of guanidine groups is 1. The van der Waals surface area contributed by atoms with Crippen LogP contribution in [0.3, 0.4) is 0 Å². The normalized spacial score (nSPS) is 12.3. The Morgan fingerprint density at radius 1 is 0.953 bits per heavy atom. The summed E-state index contributed by atoms with van der Waals surface area (Å²) in [4.78, 5) is 33.3. The van der Waals surface area contributed by atoms with Crippen molar-refractivity contribution in [1.29, 1.82) is 0 Å². The molecule has 0 aliphatic carbocycles. The lowest BCUT2D eigenvalue weighted by Crippen LogP contribution is -2.31. The second-order valence-corrected chi connectivity index (χ2v) is 12.1. The van der Waals surface area contributed by atoms with Crippen molar-refractivity contribution in [3.63, 3.8) is 0 Å². The SMILES string of the molecule is COC(=O)[C@H](Cc1ccc(NC(=O)c2c(Cl)cncc2Cl)cc1)N=C(N)Nc1cc(Cl)ccc1S(=O)(=O)c1ccccc1. The van der Waals surface area contributed by atoms with Gasteiger partial charge in [0, 0.05) is 29.5 Å². The van der Waals surface area contributed by atoms with Crippen LogP contribution in [0, 0.1) is 0 Å². The van der Waals surface area contributed by atoms with Crippen molar-refractivity contribution in [3.05, 3.63) is 111 Å². The number of nitrogens with zero attached hydrogens (tertiary/aromatic N) is 2. The maximum Gasteiger partial charge on any atom is 0.331 e. The van der Waals surface area contributed by atoms with Crippen LogP contribution in [0.25, 0.3) is 0 Å². The molecule has 1 amide bonds. The lowest BCUT2D eigenvalue weighted by atomic mass is 10.1. The van der Waals surface area contributed by atoms with Crippen LogP contribution < -0.4 is 16.4 Å². The van der Waals surface area contributed by atoms with Crippen LogP contribution in [-0.4, -0.2) is 44.4 Å². The van der Waals surface area contributed by atoms with Gasteiger partial charge in [0.25, 0.3) is 5.91 Å². The molecule has 0 radical (unpaired) electrons. The summed E-state index contributed by atoms with van der Waals surface area (Å²) < 4.78 is 31.5. The molecular formula is C29H24Cl3N5O5S. The standard InChI is InChI=1S/C29H24Cl3N5O5S/c1-42-28(39)24(13-17-7-10-19(11-8-17)35-27(38)26-21(31)15-34-16-22(26)32)37-29(33)36-23-14-18(30)9-12-25(23)43(40,41)20-5-3-2-4-6-20/h2-12,14-16,24H,13H2,1H3,(H,35,38)(H3,33,36,37)/t24-/m0/s1. The molecule has 43 heavy (non-hydrogen) atoms. The predicted octanol–water partition coefficient (Wildman–Crippen LogP) is 5.64. The van der Waals surface area contributed by atoms with Gasteiger partial charge in [0.05, 0.1) is 38.2 Å². The Morgan fingerprint density at radius 2 is 1.60 bits per heavy atom. The Balaban J connectivity index is 1.53. The summed E-state index contributed by atoms with van der Waals surface area (Å²) in [5.41, 5.74) is 7.42. The van der Waals surface area contributed by atoms with E-state index in [9.17, 15) is 18.0 Å². The number of carbonyl (C=O) groups is 2. The molecule has 0 unspecified atom stereocenters. The molecule has 1 aromatic heterocycles. The van der Waals surface area contributed by atoms with E-state index in [1.165, 1.54) is 49.8 Å². The minimum atomic E-state index is -3.94. The zero-order chi connectivity index (χ0) is 31.1. The van der Waals surface area contributed by atoms with Crippen LogP contribution >= 0.6 is 34.8 Å². The van der Waals surface area contributed by atoms with E-state index in [4.69, 9.17) is 45.3 Å². The van der Waals surface area contributed by atoms with Crippen molar-refractivity contribution in [2.75, 3.05) is 17.7 Å². The minimum absolute atomic E-state index is 0.0786. The third-order valence-corrected chi connectivity index (χ3v) is 8.67. The van der Waals surface area contributed by atoms with E-state index in [0.29, 0.717) is 11.3 Å². The van der Waals surface area contributed by atoms with Gasteiger partial charge in [0.15, 0.2) is 12.0 Å². The summed E-state index contributed by atoms with van der Waals surface area (Å²) in [6, 6.07) is 17.6. The van der Waals surface area contributed by atoms with Gasteiger partial charge in [-0.3, -0.25) is 9.78 Å². The third kappa shape index (κ3) is 7.82. The highest BCUT2D eigenvalue weighted by Crippen LogP contribution is 2.30. The van der Waals surface area contributed by atoms with Gasteiger partial charge in [0.2, 0.25) is 9.84 Å². The number of halogens is 3. The van der Waals surface area contributed by atoms with Gasteiger partial charge in [-0.05, 0) is 48.0 Å². The van der Waals surface area contributed by atoms with Gasteiger partial charge in [0.1, 0.15) is 0 Å². The first-order valence-corrected chi connectivity index (χ1v) is 15.1. The number of hydrogen-bond donors (Lipinski definition) is 3. The van der Waals surface area contributed by atoms with E-state index >= 15 is 0 Å². The molecule has 0 spiro atoms. The van der Waals surface area contributed by atoms with Crippen LogP contribution in [-0.2, 0) is 25.8 Å². The first kappa shape index (κ1) is 31.8. The summed E-state index contributed by atoms with van der Waals surface area (Å²) in [7, 11) is -2.72. The smallest absolute Gasteiger partial charge is 0.331 e. The van der Waals surface area contributed by atoms with Crippen molar-refractivity contribution in [3.8, 4) is 0 Å². The van der Waals surface area contributed by atoms with E-state index < -0.39 is 27.8 Å². The van der Waals surface area contributed by atoms with E-state index in [1.807, 2.05) is 0 Å². The molecule has 10 nitrogen and oxygen atoms in total. The Bertz CT molecular complexity index is 1770. The molecule has 1 heterocycles. The number of aromatic nitrogens is 1. The molecule has 4 aromatic rings. The zero-order valence-electron chi connectivity index (χ0n) is 22.4. The number of esters is 1. The van der Waals surface area contributed by atoms with Crippen molar-refractivity contribution in [1.82, 2.24) is 4.98 Å². The summed E-state index contributed by atoms with van der Waals surface area (Å²) >= 11 is 18.3. The lowest BCUT2D eigenvalue weighted by molar-refractivity contribution is -0.142. The third-order valence-electron chi connectivity index (χ3n) is 6.04. The molecule has 4 rings (SSSR count). The quantitative estimate of drug-likeness (QED) is 0.119. The number of carbonyl (C=O) groups excluding carboxylic acids is 2. The van der Waals surface area contributed by atoms with Gasteiger partial charge < -0.3 is 21.1 Å². The molecule has 222 valence electrons. The number of benzene rings is 3. The molecule has 0 saturated heterocycles. The van der Waals surface area contributed by atoms with Gasteiger partial charge in [-0.2, -0.15) is 0 Å². The number of nitrogens with two attached hydrogens (primary N) is 1. The molecule has 14 heteroatoms. The molecule has 0 fully saturated rings. The van der Waals surface area contributed by atoms with Crippen LogP contribution in [0.1, 0.15) is 15.9 Å². The zero-order valence-corrected chi connectivity index (χ0v) is 25.5. The lowest BCUT2D eigenvalue weighted by Gasteiger charge is -2.15. The Morgan fingerprint density at radius 3 is 2.23 bits per heavy atom. The van der Waals surface area contributed by atoms with E-state index in [0.717, 1.165) is 0 Å². The van der Waals surface area contributed by atoms with E-state index in [-0.39, 0.29) is 48.5 Å². The largest absolute Gasteiger partial charge is 0.467 e. The maximum atomic E-state index is 13.3. The fourth-order valence-corrected chi connectivity index (χ4v) is 6.11. The number of pyridine rings is 1. The highest BCUT2D eigenvalue weighted by molar-refractivity contribution is 7.91. The van der Waals surface area contributed by atoms with Crippen LogP contribution in [0.15, 0.2) is 100.0 Å². The number of nitrogens with one attached hydrogen (secondary N) is 2. The maximum absolute atomic E-state index is 13.3. The number of hydrogen-bond acceptors (Lipinski definition) is 7. The number of anilines is 2. The molecule has 0 aliphatic heterocycles. The molecule has 3 aromatic carbocycles. The Labute approximate surface area is 262 Å². The topological polar surface area (TPSA) is 153 Å². The highest BCUT2D eigenvalue weighted by atomic mass is 35.5. The van der Waals surface area contributed by atoms with E-state index in [1.54, 1.807) is 42.5 Å². The van der Waals surface area contributed by atoms with Crippen LogP contribution in [0.4, 0.5) is 11.4 Å². The first-order chi connectivity index (χ1) is 20.5. The van der Waals surface area contributed by atoms with Crippen molar-refractivity contribution in [2.24, 2.45) is 10.7 Å². The molecule has 1 atom stereocenters. The summed E-state index contributed by atoms with van der Waals surface area (Å²) in [6.07, 6.45) is 2.71. The number of amides is 1. The molecule has 0 saturated carbocycles. The fourth-order valence-electron chi connectivity index (χ4n) is 3.99. The average Bonchev–Trinajstić information content (AvgIpc) is 2.97. The second-order valence-electron chi connectivity index (χ2n) is 8.97. The summed E-state index contributed by atoms with van der Waals surface area (Å²) in [5, 5.41) is 5.93. The molecule has 0 aliphatic rings. The average molecular weight is 661 g/mol. The Kier molecular flexibility index (Phi) is 10.3. The highest BCUT2D eigenvalue weighted by Gasteiger charge is 2.24. The molecule has 0 bridgehead atoms. The second kappa shape index (κ2) is 13.9. The Hall–Kier alpha value is -4.16. The summed E-state index contributed by atoms with van der Waals surface area (Å²) in [6.45, 7) is 0. The molecular weight excluding hydrogens is 637 g/mol. The predicted molar refractivity (Wildman–Crippen MR) is 167 cm³/mol. The first-order valence-electron chi connectivity index (χ1n) is 12.5.